The SMILES string of the molecule is CN(CCC(=O)O)C(=O)C1(NC(=O)OCC2c3ccccc3-c3ccccc32)CCN(Cc2ccccc2)CC1. The standard InChI is InChI=1S/C32H35N3O5/c1-34(18-15-29(36)37)30(38)32(16-19-35(20-17-32)21-23-9-3-2-4-10-23)33-31(39)40-22-28-26-13-7-5-11-24(26)25-12-6-8-14-27(25)28/h2-14,28H,15-22H2,1H3,(H,33,39)(H,36,37). The Hall–Kier alpha value is -4.17. The van der Waals surface area contributed by atoms with Crippen LogP contribution in [0.4, 0.5) is 4.79 Å². The van der Waals surface area contributed by atoms with E-state index in [1.165, 1.54) is 10.5 Å². The van der Waals surface area contributed by atoms with Gasteiger partial charge < -0.3 is 20.1 Å². The predicted octanol–water partition coefficient (Wildman–Crippen LogP) is 4.49. The third kappa shape index (κ3) is 5.87. The summed E-state index contributed by atoms with van der Waals surface area (Å²) in [6, 6.07) is 26.4. The Morgan fingerprint density at radius 1 is 0.925 bits per heavy atom. The van der Waals surface area contributed by atoms with E-state index in [0.717, 1.165) is 28.8 Å². The zero-order valence-electron chi connectivity index (χ0n) is 22.7. The van der Waals surface area contributed by atoms with Crippen LogP contribution in [0.2, 0.25) is 0 Å². The monoisotopic (exact) mass is 541 g/mol. The molecule has 0 radical (unpaired) electrons. The quantitative estimate of drug-likeness (QED) is 0.414. The predicted molar refractivity (Wildman–Crippen MR) is 152 cm³/mol. The highest BCUT2D eigenvalue weighted by atomic mass is 16.5. The first-order valence-electron chi connectivity index (χ1n) is 13.7. The van der Waals surface area contributed by atoms with Crippen LogP contribution in [0.5, 0.6) is 0 Å². The molecule has 5 rings (SSSR count). The number of carbonyl (C=O) groups excluding carboxylic acids is 2. The second-order valence-electron chi connectivity index (χ2n) is 10.7. The van der Waals surface area contributed by atoms with Gasteiger partial charge in [0.05, 0.1) is 6.42 Å². The number of hydrogen-bond acceptors (Lipinski definition) is 5. The molecule has 1 aliphatic heterocycles. The third-order valence-electron chi connectivity index (χ3n) is 8.06. The van der Waals surface area contributed by atoms with Crippen molar-refractivity contribution in [1.82, 2.24) is 15.1 Å². The molecule has 0 saturated carbocycles. The number of hydrogen-bond donors (Lipinski definition) is 2. The van der Waals surface area contributed by atoms with Crippen LogP contribution in [-0.2, 0) is 20.9 Å². The number of piperidine rings is 1. The molecule has 0 aromatic heterocycles. The molecule has 0 unspecified atom stereocenters. The number of nitrogens with zero attached hydrogens (tertiary/aromatic N) is 2. The van der Waals surface area contributed by atoms with Gasteiger partial charge >= 0.3 is 12.1 Å². The summed E-state index contributed by atoms with van der Waals surface area (Å²) < 4.78 is 5.79. The highest BCUT2D eigenvalue weighted by molar-refractivity contribution is 5.90. The molecule has 1 saturated heterocycles. The van der Waals surface area contributed by atoms with E-state index in [2.05, 4.69) is 46.6 Å². The molecular weight excluding hydrogens is 506 g/mol. The summed E-state index contributed by atoms with van der Waals surface area (Å²) in [7, 11) is 1.59. The van der Waals surface area contributed by atoms with Crippen LogP contribution in [0.15, 0.2) is 78.9 Å². The number of fused-ring (bicyclic) bond motifs is 3. The Morgan fingerprint density at radius 3 is 2.10 bits per heavy atom. The zero-order chi connectivity index (χ0) is 28.1. The summed E-state index contributed by atoms with van der Waals surface area (Å²) in [6.07, 6.45) is 0.00239. The van der Waals surface area contributed by atoms with Gasteiger partial charge in [-0.2, -0.15) is 0 Å². The topological polar surface area (TPSA) is 99.2 Å². The molecule has 0 atom stereocenters. The molecule has 1 heterocycles. The van der Waals surface area contributed by atoms with Crippen molar-refractivity contribution in [3.05, 3.63) is 95.6 Å². The molecule has 3 aromatic rings. The lowest BCUT2D eigenvalue weighted by atomic mass is 9.85. The number of carboxylic acids is 1. The summed E-state index contributed by atoms with van der Waals surface area (Å²) in [5, 5.41) is 12.0. The summed E-state index contributed by atoms with van der Waals surface area (Å²) in [5.74, 6) is -1.35. The van der Waals surface area contributed by atoms with E-state index in [1.54, 1.807) is 7.05 Å². The lowest BCUT2D eigenvalue weighted by molar-refractivity contribution is -0.141. The van der Waals surface area contributed by atoms with Gasteiger partial charge in [0.25, 0.3) is 0 Å². The number of aliphatic carboxylic acids is 1. The van der Waals surface area contributed by atoms with Gasteiger partial charge in [0.2, 0.25) is 5.91 Å². The number of likely N-dealkylation sites (tertiary alicyclic amines) is 1. The van der Waals surface area contributed by atoms with Gasteiger partial charge in [-0.15, -0.1) is 0 Å². The van der Waals surface area contributed by atoms with E-state index in [9.17, 15) is 14.4 Å². The molecule has 8 heteroatoms. The lowest BCUT2D eigenvalue weighted by Gasteiger charge is -2.42. The minimum Gasteiger partial charge on any atom is -0.481 e. The van der Waals surface area contributed by atoms with Crippen molar-refractivity contribution >= 4 is 18.0 Å². The Morgan fingerprint density at radius 2 is 1.50 bits per heavy atom. The van der Waals surface area contributed by atoms with Crippen LogP contribution in [0.25, 0.3) is 11.1 Å². The molecule has 0 spiro atoms. The van der Waals surface area contributed by atoms with E-state index in [0.29, 0.717) is 25.9 Å². The van der Waals surface area contributed by atoms with Crippen LogP contribution >= 0.6 is 0 Å². The van der Waals surface area contributed by atoms with Gasteiger partial charge in [0, 0.05) is 39.1 Å². The number of carbonyl (C=O) groups is 3. The molecule has 40 heavy (non-hydrogen) atoms. The second kappa shape index (κ2) is 11.9. The fraction of sp³-hybridized carbons (Fsp3) is 0.344. The van der Waals surface area contributed by atoms with Gasteiger partial charge in [-0.05, 0) is 40.7 Å². The second-order valence-corrected chi connectivity index (χ2v) is 10.7. The van der Waals surface area contributed by atoms with Crippen LogP contribution in [0.3, 0.4) is 0 Å². The van der Waals surface area contributed by atoms with Crippen molar-refractivity contribution in [3.8, 4) is 11.1 Å². The third-order valence-corrected chi connectivity index (χ3v) is 8.06. The molecule has 2 amide bonds. The highest BCUT2D eigenvalue weighted by Crippen LogP contribution is 2.44. The summed E-state index contributed by atoms with van der Waals surface area (Å²) >= 11 is 0. The van der Waals surface area contributed by atoms with Crippen LogP contribution in [0, 0.1) is 0 Å². The van der Waals surface area contributed by atoms with Crippen molar-refractivity contribution < 1.29 is 24.2 Å². The fourth-order valence-corrected chi connectivity index (χ4v) is 5.89. The Balaban J connectivity index is 1.28. The van der Waals surface area contributed by atoms with Crippen LogP contribution < -0.4 is 5.32 Å². The fourth-order valence-electron chi connectivity index (χ4n) is 5.89. The molecule has 0 bridgehead atoms. The van der Waals surface area contributed by atoms with Crippen molar-refractivity contribution in [2.75, 3.05) is 33.3 Å². The first kappa shape index (κ1) is 27.4. The first-order chi connectivity index (χ1) is 19.4. The highest BCUT2D eigenvalue weighted by Gasteiger charge is 2.45. The number of alkyl carbamates (subject to hydrolysis) is 1. The number of amides is 2. The Labute approximate surface area is 234 Å². The summed E-state index contributed by atoms with van der Waals surface area (Å²) in [5.41, 5.74) is 4.54. The number of ether oxygens (including phenoxy) is 1. The summed E-state index contributed by atoms with van der Waals surface area (Å²) in [6.45, 7) is 2.19. The van der Waals surface area contributed by atoms with Gasteiger partial charge in [-0.25, -0.2) is 4.79 Å². The maximum atomic E-state index is 13.7. The molecule has 1 aliphatic carbocycles. The van der Waals surface area contributed by atoms with Gasteiger partial charge in [-0.1, -0.05) is 78.9 Å². The molecule has 2 aliphatic rings. The van der Waals surface area contributed by atoms with Crippen molar-refractivity contribution in [3.63, 3.8) is 0 Å². The maximum absolute atomic E-state index is 13.7. The molecule has 1 fully saturated rings. The number of carboxylic acid groups (broad SMARTS) is 1. The largest absolute Gasteiger partial charge is 0.481 e. The molecular formula is C32H35N3O5. The van der Waals surface area contributed by atoms with E-state index < -0.39 is 17.6 Å². The molecule has 208 valence electrons. The minimum atomic E-state index is -1.16. The van der Waals surface area contributed by atoms with Gasteiger partial charge in [0.15, 0.2) is 0 Å². The molecule has 3 aromatic carbocycles. The Kier molecular flexibility index (Phi) is 8.16. The van der Waals surface area contributed by atoms with Crippen molar-refractivity contribution in [2.45, 2.75) is 37.3 Å². The van der Waals surface area contributed by atoms with Gasteiger partial charge in [-0.3, -0.25) is 14.5 Å². The van der Waals surface area contributed by atoms with E-state index in [4.69, 9.17) is 9.84 Å². The van der Waals surface area contributed by atoms with E-state index >= 15 is 0 Å². The average Bonchev–Trinajstić information content (AvgIpc) is 3.29. The van der Waals surface area contributed by atoms with Crippen molar-refractivity contribution in [1.29, 1.82) is 0 Å². The zero-order valence-corrected chi connectivity index (χ0v) is 22.7. The van der Waals surface area contributed by atoms with Gasteiger partial charge in [0.1, 0.15) is 12.1 Å². The van der Waals surface area contributed by atoms with E-state index in [1.807, 2.05) is 42.5 Å². The molecule has 8 nitrogen and oxygen atoms in total. The number of likely N-dealkylation sites (N-methyl/N-ethyl adjacent to an activating group) is 1. The van der Waals surface area contributed by atoms with Crippen molar-refractivity contribution in [2.24, 2.45) is 0 Å². The average molecular weight is 542 g/mol. The minimum absolute atomic E-state index is 0.0655. The normalized spacial score (nSPS) is 16.0. The molecule has 2 N–H and O–H groups in total. The lowest BCUT2D eigenvalue weighted by Crippen LogP contribution is -2.63. The number of rotatable bonds is 9. The number of nitrogens with one attached hydrogen (secondary N) is 1. The Bertz CT molecular complexity index is 1320. The van der Waals surface area contributed by atoms with Crippen LogP contribution in [-0.4, -0.2) is 71.7 Å². The van der Waals surface area contributed by atoms with Crippen LogP contribution in [0.1, 0.15) is 41.9 Å². The smallest absolute Gasteiger partial charge is 0.408 e. The van der Waals surface area contributed by atoms with E-state index in [-0.39, 0.29) is 31.4 Å². The summed E-state index contributed by atoms with van der Waals surface area (Å²) in [4.78, 5) is 41.7. The maximum Gasteiger partial charge on any atom is 0.408 e. The number of benzene rings is 3. The first-order valence-corrected chi connectivity index (χ1v) is 13.7.